The summed E-state index contributed by atoms with van der Waals surface area (Å²) in [6, 6.07) is 21.8. The second-order valence-corrected chi connectivity index (χ2v) is 14.2. The number of hydrogen-bond donors (Lipinski definition) is 2. The maximum atomic E-state index is 15.2. The Morgan fingerprint density at radius 2 is 1.57 bits per heavy atom. The lowest BCUT2D eigenvalue weighted by molar-refractivity contribution is -0.146. The number of fused-ring (bicyclic) bond motifs is 4. The maximum Gasteiger partial charge on any atom is 0.260 e. The number of carbonyl (C=O) groups is 4. The average Bonchev–Trinajstić information content (AvgIpc) is 3.44. The van der Waals surface area contributed by atoms with Gasteiger partial charge < -0.3 is 9.84 Å². The number of allylic oxidation sites excluding steroid dienone is 2. The first-order valence-corrected chi connectivity index (χ1v) is 16.1. The van der Waals surface area contributed by atoms with E-state index >= 15 is 4.79 Å². The molecule has 0 spiro atoms. The van der Waals surface area contributed by atoms with Crippen LogP contribution in [0.1, 0.15) is 56.2 Å². The lowest BCUT2D eigenvalue weighted by atomic mass is 9.49. The molecule has 9 nitrogen and oxygen atoms in total. The van der Waals surface area contributed by atoms with Crippen molar-refractivity contribution in [2.24, 2.45) is 23.7 Å². The first-order chi connectivity index (χ1) is 22.4. The quantitative estimate of drug-likeness (QED) is 0.282. The molecule has 3 aromatic carbocycles. The monoisotopic (exact) mass is 633 g/mol. The number of para-hydroxylation sites is 1. The van der Waals surface area contributed by atoms with E-state index in [0.29, 0.717) is 23.2 Å². The number of aromatic hydroxyl groups is 1. The summed E-state index contributed by atoms with van der Waals surface area (Å²) in [6.45, 7) is 7.50. The number of phenols is 1. The molecule has 0 unspecified atom stereocenters. The molecule has 3 fully saturated rings. The number of rotatable bonds is 5. The van der Waals surface area contributed by atoms with Gasteiger partial charge in [-0.15, -0.1) is 0 Å². The summed E-state index contributed by atoms with van der Waals surface area (Å²) in [6.07, 6.45) is 2.50. The van der Waals surface area contributed by atoms with Crippen LogP contribution in [0.4, 0.5) is 5.69 Å². The number of ether oxygens (including phenoxy) is 1. The molecule has 4 amide bonds. The summed E-state index contributed by atoms with van der Waals surface area (Å²) in [5, 5.41) is 12.8. The third-order valence-electron chi connectivity index (χ3n) is 10.6. The largest absolute Gasteiger partial charge is 0.504 e. The maximum absolute atomic E-state index is 15.2. The minimum atomic E-state index is -1.47. The molecule has 2 saturated heterocycles. The number of imide groups is 2. The summed E-state index contributed by atoms with van der Waals surface area (Å²) in [5.41, 5.74) is 4.36. The minimum absolute atomic E-state index is 0.131. The molecule has 242 valence electrons. The Labute approximate surface area is 274 Å². The number of likely N-dealkylation sites (tertiary alicyclic amines) is 1. The van der Waals surface area contributed by atoms with E-state index in [1.807, 2.05) is 88.4 Å². The van der Waals surface area contributed by atoms with E-state index in [9.17, 15) is 19.5 Å². The van der Waals surface area contributed by atoms with Crippen LogP contribution in [0.3, 0.4) is 0 Å². The Morgan fingerprint density at radius 3 is 2.23 bits per heavy atom. The molecule has 0 bridgehead atoms. The first-order valence-electron chi connectivity index (χ1n) is 16.1. The SMILES string of the molecule is COc1cccc([C@H]2C3=CC[C@@H]4C(=O)N(C(C)(C)C)C(=O)[C@@H]4[C@@H]3C[C@H]3C(=O)N(Nc4ccc(C)cc4)C(=O)[C@@]23c2ccccc2)c1O. The van der Waals surface area contributed by atoms with E-state index in [-0.39, 0.29) is 29.7 Å². The number of carbonyl (C=O) groups excluding carboxylic acids is 4. The molecule has 3 aromatic rings. The topological polar surface area (TPSA) is 116 Å². The fourth-order valence-electron chi connectivity index (χ4n) is 8.69. The van der Waals surface area contributed by atoms with E-state index < -0.39 is 52.4 Å². The zero-order valence-electron chi connectivity index (χ0n) is 27.2. The van der Waals surface area contributed by atoms with Gasteiger partial charge in [-0.1, -0.05) is 71.8 Å². The number of benzene rings is 3. The van der Waals surface area contributed by atoms with Crippen molar-refractivity contribution in [1.82, 2.24) is 9.91 Å². The van der Waals surface area contributed by atoms with Crippen LogP contribution in [0.5, 0.6) is 11.5 Å². The molecule has 7 rings (SSSR count). The van der Waals surface area contributed by atoms with Gasteiger partial charge in [-0.2, -0.15) is 5.01 Å². The number of nitrogens with one attached hydrogen (secondary N) is 1. The molecule has 47 heavy (non-hydrogen) atoms. The van der Waals surface area contributed by atoms with Gasteiger partial charge in [0.15, 0.2) is 11.5 Å². The molecule has 0 radical (unpaired) electrons. The number of nitrogens with zero attached hydrogens (tertiary/aromatic N) is 2. The fourth-order valence-corrected chi connectivity index (χ4v) is 8.69. The standard InChI is InChI=1S/C38H39N3O6/c1-21-14-16-23(17-15-21)39-41-34(44)28-20-27-24(18-19-25-30(27)35(45)40(33(25)43)37(2,3)4)31(26-12-9-13-29(47-5)32(26)42)38(28,36(41)46)22-10-7-6-8-11-22/h6-18,25,27-28,30-31,39,42H,19-20H2,1-5H3/t25-,27+,28-,30-,31+,38+/m0/s1. The molecular formula is C38H39N3O6. The van der Waals surface area contributed by atoms with E-state index in [1.165, 1.54) is 12.0 Å². The van der Waals surface area contributed by atoms with E-state index in [4.69, 9.17) is 4.74 Å². The van der Waals surface area contributed by atoms with Crippen molar-refractivity contribution in [2.45, 2.75) is 57.4 Å². The second kappa shape index (κ2) is 10.8. The van der Waals surface area contributed by atoms with Crippen LogP contribution in [0.15, 0.2) is 84.4 Å². The number of aryl methyl sites for hydroxylation is 1. The number of hydrazine groups is 1. The van der Waals surface area contributed by atoms with Crippen LogP contribution < -0.4 is 10.2 Å². The number of phenolic OH excluding ortho intramolecular Hbond substituents is 1. The lowest BCUT2D eigenvalue weighted by Crippen LogP contribution is -2.53. The predicted octanol–water partition coefficient (Wildman–Crippen LogP) is 5.49. The number of amides is 4. The van der Waals surface area contributed by atoms with Gasteiger partial charge in [0, 0.05) is 17.0 Å². The first kappa shape index (κ1) is 30.7. The van der Waals surface area contributed by atoms with Crippen molar-refractivity contribution >= 4 is 29.3 Å². The highest BCUT2D eigenvalue weighted by atomic mass is 16.5. The molecular weight excluding hydrogens is 594 g/mol. The van der Waals surface area contributed by atoms with Crippen LogP contribution >= 0.6 is 0 Å². The number of methoxy groups -OCH3 is 1. The predicted molar refractivity (Wildman–Crippen MR) is 175 cm³/mol. The highest BCUT2D eigenvalue weighted by Crippen LogP contribution is 2.65. The molecule has 6 atom stereocenters. The summed E-state index contributed by atoms with van der Waals surface area (Å²) < 4.78 is 5.52. The Kier molecular flexibility index (Phi) is 7.07. The third-order valence-corrected chi connectivity index (χ3v) is 10.6. The van der Waals surface area contributed by atoms with E-state index in [0.717, 1.165) is 16.1 Å². The van der Waals surface area contributed by atoms with Crippen LogP contribution in [0.2, 0.25) is 0 Å². The average molecular weight is 634 g/mol. The van der Waals surface area contributed by atoms with Crippen molar-refractivity contribution in [1.29, 1.82) is 0 Å². The molecule has 2 N–H and O–H groups in total. The highest BCUT2D eigenvalue weighted by molar-refractivity contribution is 6.13. The minimum Gasteiger partial charge on any atom is -0.504 e. The molecule has 2 heterocycles. The van der Waals surface area contributed by atoms with Gasteiger partial charge in [-0.3, -0.25) is 29.5 Å². The third kappa shape index (κ3) is 4.35. The molecule has 4 aliphatic rings. The van der Waals surface area contributed by atoms with Crippen molar-refractivity contribution in [3.05, 3.63) is 101 Å². The molecule has 2 aliphatic heterocycles. The smallest absolute Gasteiger partial charge is 0.260 e. The van der Waals surface area contributed by atoms with Crippen LogP contribution in [-0.2, 0) is 24.6 Å². The fraction of sp³-hybridized carbons (Fsp3) is 0.368. The normalized spacial score (nSPS) is 28.5. The Hall–Kier alpha value is -4.92. The van der Waals surface area contributed by atoms with Crippen molar-refractivity contribution < 1.29 is 29.0 Å². The summed E-state index contributed by atoms with van der Waals surface area (Å²) in [7, 11) is 1.46. The summed E-state index contributed by atoms with van der Waals surface area (Å²) >= 11 is 0. The van der Waals surface area contributed by atoms with Crippen LogP contribution in [0, 0.1) is 30.6 Å². The number of hydrogen-bond acceptors (Lipinski definition) is 7. The Balaban J connectivity index is 1.47. The van der Waals surface area contributed by atoms with Crippen LogP contribution in [0.25, 0.3) is 0 Å². The van der Waals surface area contributed by atoms with Gasteiger partial charge in [0.1, 0.15) is 0 Å². The molecule has 1 saturated carbocycles. The van der Waals surface area contributed by atoms with Gasteiger partial charge in [0.05, 0.1) is 36.0 Å². The van der Waals surface area contributed by atoms with Gasteiger partial charge >= 0.3 is 0 Å². The Morgan fingerprint density at radius 1 is 0.872 bits per heavy atom. The summed E-state index contributed by atoms with van der Waals surface area (Å²) in [5.74, 6) is -4.72. The molecule has 9 heteroatoms. The van der Waals surface area contributed by atoms with E-state index in [2.05, 4.69) is 5.43 Å². The second-order valence-electron chi connectivity index (χ2n) is 14.2. The highest BCUT2D eigenvalue weighted by Gasteiger charge is 2.71. The van der Waals surface area contributed by atoms with E-state index in [1.54, 1.807) is 18.2 Å². The van der Waals surface area contributed by atoms with Crippen LogP contribution in [-0.4, -0.2) is 51.3 Å². The molecule has 0 aromatic heterocycles. The van der Waals surface area contributed by atoms with Gasteiger partial charge in [0.25, 0.3) is 11.8 Å². The van der Waals surface area contributed by atoms with Crippen molar-refractivity contribution in [3.63, 3.8) is 0 Å². The van der Waals surface area contributed by atoms with Gasteiger partial charge in [0.2, 0.25) is 11.8 Å². The summed E-state index contributed by atoms with van der Waals surface area (Å²) in [4.78, 5) is 59.2. The molecule has 2 aliphatic carbocycles. The lowest BCUT2D eigenvalue weighted by Gasteiger charge is -2.50. The zero-order valence-corrected chi connectivity index (χ0v) is 27.2. The Bertz CT molecular complexity index is 1830. The van der Waals surface area contributed by atoms with Gasteiger partial charge in [-0.05, 0) is 70.2 Å². The number of anilines is 1. The van der Waals surface area contributed by atoms with Crippen molar-refractivity contribution in [2.75, 3.05) is 12.5 Å². The zero-order chi connectivity index (χ0) is 33.4. The van der Waals surface area contributed by atoms with Crippen molar-refractivity contribution in [3.8, 4) is 11.5 Å². The van der Waals surface area contributed by atoms with Gasteiger partial charge in [-0.25, -0.2) is 0 Å².